The summed E-state index contributed by atoms with van der Waals surface area (Å²) in [6.45, 7) is 2.55. The average Bonchev–Trinajstić information content (AvgIpc) is 3.24. The first-order valence-corrected chi connectivity index (χ1v) is 10.9. The fraction of sp³-hybridized carbons (Fsp3) is 0.318. The van der Waals surface area contributed by atoms with Crippen LogP contribution < -0.4 is 9.79 Å². The van der Waals surface area contributed by atoms with Gasteiger partial charge >= 0.3 is 5.88 Å². The lowest BCUT2D eigenvalue weighted by Gasteiger charge is -2.25. The van der Waals surface area contributed by atoms with Crippen LogP contribution in [0.25, 0.3) is 0 Å². The number of aromatic nitrogens is 3. The van der Waals surface area contributed by atoms with Crippen molar-refractivity contribution in [1.82, 2.24) is 10.3 Å². The monoisotopic (exact) mass is 419 g/mol. The second-order valence-corrected chi connectivity index (χ2v) is 8.06. The third kappa shape index (κ3) is 4.52. The van der Waals surface area contributed by atoms with E-state index in [0.29, 0.717) is 23.1 Å². The minimum absolute atomic E-state index is 0.0833. The Balaban J connectivity index is 1.48. The molecule has 1 atom stereocenters. The lowest BCUT2D eigenvalue weighted by molar-refractivity contribution is -0.759. The van der Waals surface area contributed by atoms with Gasteiger partial charge in [-0.2, -0.15) is 5.26 Å². The molecule has 0 saturated heterocycles. The van der Waals surface area contributed by atoms with Crippen molar-refractivity contribution in [1.29, 1.82) is 5.26 Å². The van der Waals surface area contributed by atoms with Crippen LogP contribution in [0.1, 0.15) is 41.6 Å². The Morgan fingerprint density at radius 3 is 2.97 bits per heavy atom. The fourth-order valence-electron chi connectivity index (χ4n) is 3.60. The summed E-state index contributed by atoms with van der Waals surface area (Å²) in [6.07, 6.45) is 4.34. The highest BCUT2D eigenvalue weighted by atomic mass is 32.2. The van der Waals surface area contributed by atoms with Gasteiger partial charge in [0.2, 0.25) is 5.27 Å². The van der Waals surface area contributed by atoms with Crippen molar-refractivity contribution in [3.63, 3.8) is 0 Å². The van der Waals surface area contributed by atoms with Gasteiger partial charge in [-0.25, -0.2) is 9.98 Å². The second-order valence-electron chi connectivity index (χ2n) is 7.10. The third-order valence-electron chi connectivity index (χ3n) is 5.13. The van der Waals surface area contributed by atoms with Gasteiger partial charge in [-0.1, -0.05) is 46.8 Å². The summed E-state index contributed by atoms with van der Waals surface area (Å²) < 4.78 is 6.55. The third-order valence-corrected chi connectivity index (χ3v) is 6.11. The van der Waals surface area contributed by atoms with Gasteiger partial charge < -0.3 is 5.11 Å². The molecule has 0 saturated carbocycles. The summed E-state index contributed by atoms with van der Waals surface area (Å²) in [5.74, 6) is 0.346. The first-order valence-electron chi connectivity index (χ1n) is 9.88. The molecule has 2 aromatic heterocycles. The summed E-state index contributed by atoms with van der Waals surface area (Å²) in [7, 11) is 0. The Hall–Kier alpha value is -3.18. The molecule has 152 valence electrons. The molecule has 0 amide bonds. The predicted octanol–water partition coefficient (Wildman–Crippen LogP) is 2.70. The molecule has 0 bridgehead atoms. The Kier molecular flexibility index (Phi) is 6.10. The largest absolute Gasteiger partial charge is 0.861 e. The SMILES string of the molecule is CC[n+]1cc(/N=C(/[O-])CSc2nc3c(cc2C#N)CC(c2ccccc2)CC3)on1. The smallest absolute Gasteiger partial charge is 0.320 e. The molecule has 0 aliphatic heterocycles. The molecule has 0 spiro atoms. The van der Waals surface area contributed by atoms with E-state index in [0.717, 1.165) is 30.5 Å². The van der Waals surface area contributed by atoms with Gasteiger partial charge in [0.05, 0.1) is 5.56 Å². The van der Waals surface area contributed by atoms with Crippen LogP contribution in [0.4, 0.5) is 5.88 Å². The normalized spacial score (nSPS) is 16.1. The number of pyridine rings is 1. The molecule has 30 heavy (non-hydrogen) atoms. The molecule has 4 rings (SSSR count). The molecule has 3 aromatic rings. The Bertz CT molecular complexity index is 1100. The van der Waals surface area contributed by atoms with Gasteiger partial charge in [0.15, 0.2) is 6.54 Å². The van der Waals surface area contributed by atoms with E-state index in [1.165, 1.54) is 17.3 Å². The molecule has 0 N–H and O–H groups in total. The maximum atomic E-state index is 12.2. The Labute approximate surface area is 179 Å². The Morgan fingerprint density at radius 2 is 2.23 bits per heavy atom. The van der Waals surface area contributed by atoms with E-state index in [2.05, 4.69) is 40.6 Å². The number of hydrogen-bond acceptors (Lipinski definition) is 7. The number of aryl methyl sites for hydroxylation is 2. The molecule has 2 heterocycles. The van der Waals surface area contributed by atoms with E-state index >= 15 is 0 Å². The van der Waals surface area contributed by atoms with Crippen LogP contribution in [0.3, 0.4) is 0 Å². The molecular weight excluding hydrogens is 398 g/mol. The Morgan fingerprint density at radius 1 is 1.40 bits per heavy atom. The zero-order valence-corrected chi connectivity index (χ0v) is 17.4. The van der Waals surface area contributed by atoms with Crippen molar-refractivity contribution in [3.8, 4) is 6.07 Å². The van der Waals surface area contributed by atoms with Gasteiger partial charge in [0.25, 0.3) is 6.20 Å². The summed E-state index contributed by atoms with van der Waals surface area (Å²) in [4.78, 5) is 8.62. The molecule has 0 radical (unpaired) electrons. The number of nitrogens with zero attached hydrogens (tertiary/aromatic N) is 5. The number of aliphatic imine (C=N–C) groups is 1. The van der Waals surface area contributed by atoms with Crippen LogP contribution in [0.5, 0.6) is 0 Å². The quantitative estimate of drug-likeness (QED) is 0.263. The van der Waals surface area contributed by atoms with Crippen molar-refractivity contribution in [3.05, 3.63) is 65.0 Å². The van der Waals surface area contributed by atoms with Crippen molar-refractivity contribution < 1.29 is 14.3 Å². The van der Waals surface area contributed by atoms with Gasteiger partial charge in [-0.3, -0.25) is 4.52 Å². The zero-order chi connectivity index (χ0) is 20.9. The lowest BCUT2D eigenvalue weighted by atomic mass is 9.82. The number of nitriles is 1. The minimum atomic E-state index is -0.355. The van der Waals surface area contributed by atoms with Crippen LogP contribution >= 0.6 is 11.8 Å². The molecule has 1 aromatic carbocycles. The number of fused-ring (bicyclic) bond motifs is 1. The van der Waals surface area contributed by atoms with Crippen LogP contribution in [0, 0.1) is 11.3 Å². The molecular formula is C22H21N5O2S. The van der Waals surface area contributed by atoms with Crippen molar-refractivity contribution >= 4 is 23.5 Å². The summed E-state index contributed by atoms with van der Waals surface area (Å²) in [5, 5.41) is 26.1. The van der Waals surface area contributed by atoms with E-state index in [4.69, 9.17) is 9.51 Å². The summed E-state index contributed by atoms with van der Waals surface area (Å²) >= 11 is 1.24. The van der Waals surface area contributed by atoms with E-state index in [-0.39, 0.29) is 17.5 Å². The number of rotatable bonds is 6. The van der Waals surface area contributed by atoms with E-state index < -0.39 is 0 Å². The second kappa shape index (κ2) is 9.09. The molecule has 1 aliphatic rings. The molecule has 0 fully saturated rings. The van der Waals surface area contributed by atoms with Gasteiger partial charge in [-0.05, 0) is 55.2 Å². The highest BCUT2D eigenvalue weighted by molar-refractivity contribution is 7.99. The summed E-state index contributed by atoms with van der Waals surface area (Å²) in [5.41, 5.74) is 3.97. The van der Waals surface area contributed by atoms with Gasteiger partial charge in [0, 0.05) is 11.4 Å². The zero-order valence-electron chi connectivity index (χ0n) is 16.6. The number of benzene rings is 1. The highest BCUT2D eigenvalue weighted by Crippen LogP contribution is 2.34. The van der Waals surface area contributed by atoms with Crippen molar-refractivity contribution in [2.75, 3.05) is 5.75 Å². The first-order chi connectivity index (χ1) is 14.7. The average molecular weight is 420 g/mol. The van der Waals surface area contributed by atoms with Crippen molar-refractivity contribution in [2.24, 2.45) is 4.99 Å². The first kappa shape index (κ1) is 20.1. The van der Waals surface area contributed by atoms with Crippen LogP contribution in [-0.4, -0.2) is 21.9 Å². The van der Waals surface area contributed by atoms with E-state index in [9.17, 15) is 10.4 Å². The van der Waals surface area contributed by atoms with Crippen LogP contribution in [0.15, 0.2) is 57.1 Å². The lowest BCUT2D eigenvalue weighted by Crippen LogP contribution is -2.32. The highest BCUT2D eigenvalue weighted by Gasteiger charge is 2.23. The number of thioether (sulfide) groups is 1. The maximum Gasteiger partial charge on any atom is 0.320 e. The van der Waals surface area contributed by atoms with Crippen LogP contribution in [-0.2, 0) is 19.4 Å². The van der Waals surface area contributed by atoms with Gasteiger partial charge in [0.1, 0.15) is 11.1 Å². The molecule has 8 heteroatoms. The summed E-state index contributed by atoms with van der Waals surface area (Å²) in [6, 6.07) is 14.6. The van der Waals surface area contributed by atoms with Crippen LogP contribution in [0.2, 0.25) is 0 Å². The molecule has 7 nitrogen and oxygen atoms in total. The van der Waals surface area contributed by atoms with Crippen molar-refractivity contribution in [2.45, 2.75) is 43.7 Å². The van der Waals surface area contributed by atoms with Gasteiger partial charge in [-0.15, -0.1) is 0 Å². The minimum Gasteiger partial charge on any atom is -0.861 e. The topological polar surface area (TPSA) is 102 Å². The molecule has 1 aliphatic carbocycles. The van der Waals surface area contributed by atoms with E-state index in [1.54, 1.807) is 10.9 Å². The standard InChI is InChI=1S/C22H21N5O2S/c1-2-27-13-21(29-26-27)25-20(28)14-30-22-18(12-23)11-17-10-16(8-9-19(17)24-22)15-6-4-3-5-7-15/h3-7,11,13,16H,2,8-10,14H2,1H3. The number of hydrogen-bond donors (Lipinski definition) is 0. The van der Waals surface area contributed by atoms with E-state index in [1.807, 2.05) is 19.1 Å². The molecule has 1 unspecified atom stereocenters. The fourth-order valence-corrected chi connectivity index (χ4v) is 4.36. The predicted molar refractivity (Wildman–Crippen MR) is 110 cm³/mol. The maximum absolute atomic E-state index is 12.2.